The van der Waals surface area contributed by atoms with Crippen LogP contribution >= 0.6 is 11.3 Å². The van der Waals surface area contributed by atoms with E-state index in [1.54, 1.807) is 51.1 Å². The number of esters is 3. The van der Waals surface area contributed by atoms with Crippen molar-refractivity contribution < 1.29 is 37.8 Å². The second-order valence-corrected chi connectivity index (χ2v) is 8.47. The molecule has 0 radical (unpaired) electrons. The lowest BCUT2D eigenvalue weighted by Gasteiger charge is -2.23. The third kappa shape index (κ3) is 6.71. The Morgan fingerprint density at radius 1 is 1.06 bits per heavy atom. The van der Waals surface area contributed by atoms with Gasteiger partial charge in [-0.1, -0.05) is 30.3 Å². The summed E-state index contributed by atoms with van der Waals surface area (Å²) in [6.45, 7) is 4.20. The number of benzene rings is 1. The zero-order chi connectivity index (χ0) is 23.2. The van der Waals surface area contributed by atoms with Gasteiger partial charge in [0.25, 0.3) is 0 Å². The fourth-order valence-electron chi connectivity index (χ4n) is 2.56. The average molecular weight is 450 g/mol. The normalized spacial score (nSPS) is 12.0. The number of ketones is 1. The van der Waals surface area contributed by atoms with E-state index in [1.165, 1.54) is 0 Å². The van der Waals surface area contributed by atoms with Crippen LogP contribution < -0.4 is 0 Å². The predicted molar refractivity (Wildman–Crippen MR) is 110 cm³/mol. The number of carbonyl (C=O) groups excluding carboxylic acids is 4. The second kappa shape index (κ2) is 10.3. The van der Waals surface area contributed by atoms with Gasteiger partial charge in [0.05, 0.1) is 12.7 Å². The van der Waals surface area contributed by atoms with E-state index in [1.807, 2.05) is 0 Å². The molecule has 2 aromatic rings. The molecule has 0 N–H and O–H groups in total. The van der Waals surface area contributed by atoms with Crippen LogP contribution in [0.3, 0.4) is 0 Å². The molecule has 0 aliphatic rings. The molecule has 0 aliphatic heterocycles. The molecule has 1 unspecified atom stereocenters. The van der Waals surface area contributed by atoms with Crippen molar-refractivity contribution in [3.63, 3.8) is 0 Å². The van der Waals surface area contributed by atoms with Crippen molar-refractivity contribution >= 4 is 35.0 Å². The van der Waals surface area contributed by atoms with Crippen LogP contribution in [0.1, 0.15) is 46.4 Å². The molecule has 0 fully saturated rings. The maximum Gasteiger partial charge on any atom is 0.351 e. The van der Waals surface area contributed by atoms with Crippen molar-refractivity contribution in [2.75, 3.05) is 13.7 Å². The van der Waals surface area contributed by atoms with Gasteiger partial charge in [-0.3, -0.25) is 14.4 Å². The Balaban J connectivity index is 2.12. The molecule has 0 bridgehead atoms. The lowest BCUT2D eigenvalue weighted by atomic mass is 9.99. The smallest absolute Gasteiger partial charge is 0.351 e. The van der Waals surface area contributed by atoms with E-state index in [0.29, 0.717) is 16.9 Å². The van der Waals surface area contributed by atoms with Crippen molar-refractivity contribution in [1.29, 1.82) is 0 Å². The first-order valence-electron chi connectivity index (χ1n) is 9.35. The molecule has 0 amide bonds. The molecule has 0 aliphatic carbocycles. The summed E-state index contributed by atoms with van der Waals surface area (Å²) in [7, 11) is 1.09. The summed E-state index contributed by atoms with van der Waals surface area (Å²) < 4.78 is 29.0. The predicted octanol–water partition coefficient (Wildman–Crippen LogP) is 3.60. The van der Waals surface area contributed by atoms with Crippen LogP contribution in [0, 0.1) is 11.7 Å². The summed E-state index contributed by atoms with van der Waals surface area (Å²) in [5.41, 5.74) is -0.519. The molecular formula is C22H23FO7S. The molecule has 1 atom stereocenters. The Hall–Kier alpha value is -3.07. The first kappa shape index (κ1) is 24.2. The molecule has 7 nitrogen and oxygen atoms in total. The van der Waals surface area contributed by atoms with Crippen LogP contribution in [-0.4, -0.2) is 43.0 Å². The van der Waals surface area contributed by atoms with Crippen LogP contribution in [0.5, 0.6) is 0 Å². The van der Waals surface area contributed by atoms with E-state index >= 15 is 0 Å². The molecule has 1 aromatic heterocycles. The number of methoxy groups -OCH3 is 1. The van der Waals surface area contributed by atoms with Crippen molar-refractivity contribution in [3.05, 3.63) is 57.5 Å². The molecule has 0 saturated carbocycles. The van der Waals surface area contributed by atoms with Gasteiger partial charge in [-0.25, -0.2) is 9.18 Å². The zero-order valence-corrected chi connectivity index (χ0v) is 18.4. The third-order valence-corrected chi connectivity index (χ3v) is 4.94. The summed E-state index contributed by atoms with van der Waals surface area (Å²) in [5.74, 6) is -5.84. The Morgan fingerprint density at radius 2 is 1.71 bits per heavy atom. The summed E-state index contributed by atoms with van der Waals surface area (Å²) in [5, 5.41) is 1.15. The van der Waals surface area contributed by atoms with Gasteiger partial charge in [-0.15, -0.1) is 11.3 Å². The largest absolute Gasteiger partial charge is 0.465 e. The third-order valence-electron chi connectivity index (χ3n) is 4.01. The van der Waals surface area contributed by atoms with Crippen LogP contribution in [0.25, 0.3) is 0 Å². The van der Waals surface area contributed by atoms with Crippen molar-refractivity contribution in [3.8, 4) is 0 Å². The van der Waals surface area contributed by atoms with Crippen LogP contribution in [0.15, 0.2) is 35.7 Å². The molecule has 2 rings (SSSR count). The van der Waals surface area contributed by atoms with Crippen molar-refractivity contribution in [2.24, 2.45) is 5.92 Å². The highest BCUT2D eigenvalue weighted by molar-refractivity contribution is 7.12. The minimum atomic E-state index is -1.30. The first-order chi connectivity index (χ1) is 14.5. The highest BCUT2D eigenvalue weighted by Crippen LogP contribution is 2.23. The van der Waals surface area contributed by atoms with Gasteiger partial charge in [0.15, 0.2) is 18.3 Å². The fourth-order valence-corrected chi connectivity index (χ4v) is 3.43. The minimum Gasteiger partial charge on any atom is -0.465 e. The molecule has 0 saturated heterocycles. The van der Waals surface area contributed by atoms with Crippen molar-refractivity contribution in [1.82, 2.24) is 0 Å². The highest BCUT2D eigenvalue weighted by Gasteiger charge is 2.33. The number of ether oxygens (including phenoxy) is 3. The molecule has 9 heteroatoms. The maximum absolute atomic E-state index is 14.3. The lowest BCUT2D eigenvalue weighted by Crippen LogP contribution is -2.35. The Bertz CT molecular complexity index is 960. The monoisotopic (exact) mass is 450 g/mol. The van der Waals surface area contributed by atoms with E-state index in [2.05, 4.69) is 4.74 Å². The summed E-state index contributed by atoms with van der Waals surface area (Å²) in [6.07, 6.45) is 0.0160. The van der Waals surface area contributed by atoms with E-state index in [0.717, 1.165) is 12.5 Å². The maximum atomic E-state index is 14.3. The van der Waals surface area contributed by atoms with Crippen molar-refractivity contribution in [2.45, 2.75) is 32.8 Å². The summed E-state index contributed by atoms with van der Waals surface area (Å²) >= 11 is 0.706. The molecule has 1 aromatic carbocycles. The van der Waals surface area contributed by atoms with E-state index in [-0.39, 0.29) is 11.3 Å². The van der Waals surface area contributed by atoms with Gasteiger partial charge in [0.1, 0.15) is 10.5 Å². The zero-order valence-electron chi connectivity index (χ0n) is 17.6. The number of halogens is 1. The first-order valence-corrected chi connectivity index (χ1v) is 10.2. The van der Waals surface area contributed by atoms with Gasteiger partial charge >= 0.3 is 17.9 Å². The summed E-state index contributed by atoms with van der Waals surface area (Å²) in [6, 6.07) is 8.79. The topological polar surface area (TPSA) is 96.0 Å². The van der Waals surface area contributed by atoms with Gasteiger partial charge in [-0.05, 0) is 32.8 Å². The van der Waals surface area contributed by atoms with E-state index in [4.69, 9.17) is 9.47 Å². The Kier molecular flexibility index (Phi) is 8.04. The average Bonchev–Trinajstić information content (AvgIpc) is 3.10. The Labute approximate surface area is 183 Å². The second-order valence-electron chi connectivity index (χ2n) is 7.59. The number of hydrogen-bond donors (Lipinski definition) is 0. The minimum absolute atomic E-state index is 0.0160. The quantitative estimate of drug-likeness (QED) is 0.262. The highest BCUT2D eigenvalue weighted by atomic mass is 32.1. The number of thiophene rings is 1. The van der Waals surface area contributed by atoms with Gasteiger partial charge < -0.3 is 14.2 Å². The number of carbonyl (C=O) groups is 4. The van der Waals surface area contributed by atoms with E-state index < -0.39 is 53.2 Å². The molecule has 1 heterocycles. The Morgan fingerprint density at radius 3 is 2.29 bits per heavy atom. The van der Waals surface area contributed by atoms with Crippen LogP contribution in [-0.2, 0) is 30.2 Å². The number of hydrogen-bond acceptors (Lipinski definition) is 8. The SMILES string of the molecule is COC(=O)c1scc(C(=O)COC(=O)C(Cc2ccccc2)C(=O)OC(C)(C)C)c1F. The van der Waals surface area contributed by atoms with Gasteiger partial charge in [0.2, 0.25) is 5.78 Å². The van der Waals surface area contributed by atoms with E-state index in [9.17, 15) is 23.6 Å². The fraction of sp³-hybridized carbons (Fsp3) is 0.364. The standard InChI is InChI=1S/C22H23FO7S/c1-22(2,3)30-20(26)14(10-13-8-6-5-7-9-13)19(25)29-11-16(24)15-12-31-18(17(15)23)21(27)28-4/h5-9,12,14H,10-11H2,1-4H3. The van der Waals surface area contributed by atoms with Crippen LogP contribution in [0.2, 0.25) is 0 Å². The molecule has 0 spiro atoms. The summed E-state index contributed by atoms with van der Waals surface area (Å²) in [4.78, 5) is 48.6. The van der Waals surface area contributed by atoms with Crippen LogP contribution in [0.4, 0.5) is 4.39 Å². The van der Waals surface area contributed by atoms with Gasteiger partial charge in [0, 0.05) is 5.38 Å². The van der Waals surface area contributed by atoms with Gasteiger partial charge in [-0.2, -0.15) is 0 Å². The molecule has 31 heavy (non-hydrogen) atoms. The lowest BCUT2D eigenvalue weighted by molar-refractivity contribution is -0.168. The number of Topliss-reactive ketones (excluding diaryl/α,β-unsaturated/α-hetero) is 1. The molecule has 166 valence electrons. The number of rotatable bonds is 8. The molecular weight excluding hydrogens is 427 g/mol.